The molecule has 1 aliphatic rings. The maximum atomic E-state index is 13.3. The van der Waals surface area contributed by atoms with Gasteiger partial charge < -0.3 is 4.90 Å². The van der Waals surface area contributed by atoms with Gasteiger partial charge in [0, 0.05) is 53.9 Å². The van der Waals surface area contributed by atoms with Crippen molar-refractivity contribution < 1.29 is 21.6 Å². The van der Waals surface area contributed by atoms with Crippen molar-refractivity contribution in [3.63, 3.8) is 0 Å². The molecule has 37 heavy (non-hydrogen) atoms. The van der Waals surface area contributed by atoms with Gasteiger partial charge in [0.1, 0.15) is 0 Å². The van der Waals surface area contributed by atoms with Gasteiger partial charge in [-0.05, 0) is 48.4 Å². The van der Waals surface area contributed by atoms with Gasteiger partial charge in [0.2, 0.25) is 0 Å². The Hall–Kier alpha value is -3.85. The van der Waals surface area contributed by atoms with Crippen LogP contribution in [0.15, 0.2) is 88.8 Å². The number of halogens is 3. The first-order chi connectivity index (χ1) is 17.5. The Balaban J connectivity index is 1.43. The Morgan fingerprint density at radius 1 is 0.892 bits per heavy atom. The van der Waals surface area contributed by atoms with Gasteiger partial charge in [-0.1, -0.05) is 42.5 Å². The third-order valence-electron chi connectivity index (χ3n) is 6.38. The third kappa shape index (κ3) is 4.79. The molecule has 0 bridgehead atoms. The summed E-state index contributed by atoms with van der Waals surface area (Å²) in [4.78, 5) is 6.64. The minimum atomic E-state index is -4.40. The van der Waals surface area contributed by atoms with Gasteiger partial charge >= 0.3 is 6.18 Å². The Bertz CT molecular complexity index is 1630. The summed E-state index contributed by atoms with van der Waals surface area (Å²) in [6.07, 6.45) is -3.97. The van der Waals surface area contributed by atoms with E-state index in [1.54, 1.807) is 42.5 Å². The summed E-state index contributed by atoms with van der Waals surface area (Å²) in [6, 6.07) is 21.1. The standard InChI is InChI=1S/C28H24F3N3O2S/c1-34(2)25-7-3-6-24-23(25)5-4-8-26(24)37(35,36)33-21-12-9-18(10-13-21)27-22-14-11-20(28(29,30)31)17-19(22)15-16-32-27/h3-14,17,33H,15-16H2,1-2H3. The number of sulfonamides is 1. The first-order valence-corrected chi connectivity index (χ1v) is 13.1. The number of alkyl halides is 3. The molecule has 0 fully saturated rings. The molecule has 0 saturated carbocycles. The van der Waals surface area contributed by atoms with Gasteiger partial charge in [0.05, 0.1) is 16.2 Å². The second kappa shape index (κ2) is 9.23. The molecule has 5 rings (SSSR count). The predicted octanol–water partition coefficient (Wildman–Crippen LogP) is 6.12. The van der Waals surface area contributed by atoms with Crippen molar-refractivity contribution in [2.24, 2.45) is 4.99 Å². The normalized spacial score (nSPS) is 13.7. The molecule has 190 valence electrons. The van der Waals surface area contributed by atoms with Crippen molar-refractivity contribution in [2.45, 2.75) is 17.5 Å². The van der Waals surface area contributed by atoms with E-state index in [0.29, 0.717) is 46.4 Å². The number of hydrogen-bond acceptors (Lipinski definition) is 4. The van der Waals surface area contributed by atoms with E-state index in [4.69, 9.17) is 0 Å². The Morgan fingerprint density at radius 2 is 1.59 bits per heavy atom. The fraction of sp³-hybridized carbons (Fsp3) is 0.179. The van der Waals surface area contributed by atoms with Crippen LogP contribution < -0.4 is 9.62 Å². The largest absolute Gasteiger partial charge is 0.416 e. The van der Waals surface area contributed by atoms with Gasteiger partial charge in [0.15, 0.2) is 0 Å². The first kappa shape index (κ1) is 24.8. The smallest absolute Gasteiger partial charge is 0.377 e. The molecule has 9 heteroatoms. The highest BCUT2D eigenvalue weighted by atomic mass is 32.2. The van der Waals surface area contributed by atoms with Crippen LogP contribution in [0.25, 0.3) is 10.8 Å². The minimum Gasteiger partial charge on any atom is -0.377 e. The molecule has 1 N–H and O–H groups in total. The number of benzene rings is 4. The number of hydrogen-bond donors (Lipinski definition) is 1. The third-order valence-corrected chi connectivity index (χ3v) is 7.82. The summed E-state index contributed by atoms with van der Waals surface area (Å²) >= 11 is 0. The summed E-state index contributed by atoms with van der Waals surface area (Å²) in [5.41, 5.74) is 3.14. The number of aliphatic imine (C=N–C) groups is 1. The van der Waals surface area contributed by atoms with E-state index in [0.717, 1.165) is 17.1 Å². The number of nitrogens with one attached hydrogen (secondary N) is 1. The predicted molar refractivity (Wildman–Crippen MR) is 141 cm³/mol. The fourth-order valence-corrected chi connectivity index (χ4v) is 5.90. The maximum Gasteiger partial charge on any atom is 0.416 e. The van der Waals surface area contributed by atoms with E-state index >= 15 is 0 Å². The summed E-state index contributed by atoms with van der Waals surface area (Å²) in [6.45, 7) is 0.383. The fourth-order valence-electron chi connectivity index (χ4n) is 4.62. The van der Waals surface area contributed by atoms with E-state index in [1.165, 1.54) is 12.1 Å². The molecule has 0 spiro atoms. The van der Waals surface area contributed by atoms with Crippen molar-refractivity contribution in [1.82, 2.24) is 0 Å². The number of rotatable bonds is 5. The van der Waals surface area contributed by atoms with E-state index in [-0.39, 0.29) is 4.90 Å². The highest BCUT2D eigenvalue weighted by Gasteiger charge is 2.31. The Labute approximate surface area is 213 Å². The summed E-state index contributed by atoms with van der Waals surface area (Å²) in [7, 11) is -0.0873. The molecule has 0 aromatic heterocycles. The lowest BCUT2D eigenvalue weighted by Crippen LogP contribution is -2.17. The van der Waals surface area contributed by atoms with Gasteiger partial charge in [-0.25, -0.2) is 8.42 Å². The average Bonchev–Trinajstić information content (AvgIpc) is 2.87. The molecule has 0 aliphatic carbocycles. The molecule has 5 nitrogen and oxygen atoms in total. The van der Waals surface area contributed by atoms with Crippen LogP contribution in [0, 0.1) is 0 Å². The first-order valence-electron chi connectivity index (χ1n) is 11.6. The molecular formula is C28H24F3N3O2S. The molecule has 0 unspecified atom stereocenters. The average molecular weight is 524 g/mol. The van der Waals surface area contributed by atoms with Crippen molar-refractivity contribution in [3.8, 4) is 0 Å². The summed E-state index contributed by atoms with van der Waals surface area (Å²) < 4.78 is 68.7. The van der Waals surface area contributed by atoms with Gasteiger partial charge in [-0.3, -0.25) is 9.71 Å². The van der Waals surface area contributed by atoms with Crippen LogP contribution in [0.1, 0.15) is 22.3 Å². The Morgan fingerprint density at radius 3 is 2.30 bits per heavy atom. The summed E-state index contributed by atoms with van der Waals surface area (Å²) in [5.74, 6) is 0. The second-order valence-corrected chi connectivity index (χ2v) is 10.7. The minimum absolute atomic E-state index is 0.170. The monoisotopic (exact) mass is 523 g/mol. The molecule has 1 aliphatic heterocycles. The zero-order chi connectivity index (χ0) is 26.4. The lowest BCUT2D eigenvalue weighted by atomic mass is 9.92. The van der Waals surface area contributed by atoms with Crippen molar-refractivity contribution >= 4 is 37.9 Å². The molecule has 0 saturated heterocycles. The number of nitrogens with zero attached hydrogens (tertiary/aromatic N) is 2. The van der Waals surface area contributed by atoms with Crippen molar-refractivity contribution in [2.75, 3.05) is 30.3 Å². The van der Waals surface area contributed by atoms with Crippen LogP contribution in [0.2, 0.25) is 0 Å². The Kier molecular flexibility index (Phi) is 6.19. The van der Waals surface area contributed by atoms with Gasteiger partial charge in [-0.15, -0.1) is 0 Å². The maximum absolute atomic E-state index is 13.3. The lowest BCUT2D eigenvalue weighted by molar-refractivity contribution is -0.137. The van der Waals surface area contributed by atoms with Crippen LogP contribution in [-0.4, -0.2) is 34.8 Å². The molecule has 4 aromatic carbocycles. The van der Waals surface area contributed by atoms with Gasteiger partial charge in [0.25, 0.3) is 10.0 Å². The molecule has 4 aromatic rings. The SMILES string of the molecule is CN(C)c1cccc2c(S(=O)(=O)Nc3ccc(C4=NCCc5cc(C(F)(F)F)ccc54)cc3)cccc12. The molecule has 0 radical (unpaired) electrons. The van der Waals surface area contributed by atoms with E-state index in [1.807, 2.05) is 37.2 Å². The molecule has 0 atom stereocenters. The van der Waals surface area contributed by atoms with Crippen LogP contribution in [0.3, 0.4) is 0 Å². The highest BCUT2D eigenvalue weighted by Crippen LogP contribution is 2.33. The van der Waals surface area contributed by atoms with Crippen molar-refractivity contribution in [3.05, 3.63) is 101 Å². The van der Waals surface area contributed by atoms with Crippen LogP contribution >= 0.6 is 0 Å². The van der Waals surface area contributed by atoms with E-state index < -0.39 is 21.8 Å². The zero-order valence-electron chi connectivity index (χ0n) is 20.2. The summed E-state index contributed by atoms with van der Waals surface area (Å²) in [5, 5.41) is 1.44. The van der Waals surface area contributed by atoms with E-state index in [2.05, 4.69) is 9.71 Å². The number of fused-ring (bicyclic) bond motifs is 2. The zero-order valence-corrected chi connectivity index (χ0v) is 21.0. The highest BCUT2D eigenvalue weighted by molar-refractivity contribution is 7.93. The van der Waals surface area contributed by atoms with E-state index in [9.17, 15) is 21.6 Å². The molecule has 1 heterocycles. The topological polar surface area (TPSA) is 61.8 Å². The van der Waals surface area contributed by atoms with Crippen LogP contribution in [0.4, 0.5) is 24.5 Å². The van der Waals surface area contributed by atoms with Gasteiger partial charge in [-0.2, -0.15) is 13.2 Å². The van der Waals surface area contributed by atoms with Crippen molar-refractivity contribution in [1.29, 1.82) is 0 Å². The molecule has 0 amide bonds. The lowest BCUT2D eigenvalue weighted by Gasteiger charge is -2.19. The van der Waals surface area contributed by atoms with Crippen LogP contribution in [-0.2, 0) is 22.6 Å². The second-order valence-electron chi connectivity index (χ2n) is 9.06. The molecular weight excluding hydrogens is 499 g/mol. The quantitative estimate of drug-likeness (QED) is 0.343. The van der Waals surface area contributed by atoms with Crippen LogP contribution in [0.5, 0.6) is 0 Å². The number of anilines is 2.